The number of benzene rings is 2. The molecule has 1 aromatic heterocycles. The van der Waals surface area contributed by atoms with E-state index in [-0.39, 0.29) is 23.7 Å². The van der Waals surface area contributed by atoms with Gasteiger partial charge in [-0.1, -0.05) is 0 Å². The minimum absolute atomic E-state index is 0. The molecule has 142 valence electrons. The number of hydrogen-bond acceptors (Lipinski definition) is 5. The Labute approximate surface area is 185 Å². The van der Waals surface area contributed by atoms with Crippen LogP contribution < -0.4 is 38.8 Å². The van der Waals surface area contributed by atoms with E-state index in [1.54, 1.807) is 5.38 Å². The summed E-state index contributed by atoms with van der Waals surface area (Å²) in [5.41, 5.74) is 4.10. The Bertz CT molecular complexity index is 1250. The topological polar surface area (TPSA) is 59.5 Å². The maximum absolute atomic E-state index is 11.7. The number of carbonyl (C=O) groups is 1. The molecule has 7 heteroatoms. The third-order valence-corrected chi connectivity index (χ3v) is 5.74. The van der Waals surface area contributed by atoms with Gasteiger partial charge in [0.25, 0.3) is 0 Å². The van der Waals surface area contributed by atoms with E-state index in [4.69, 9.17) is 4.42 Å². The van der Waals surface area contributed by atoms with Gasteiger partial charge in [-0.25, -0.2) is 4.58 Å². The number of hydrogen-bond donors (Lipinski definition) is 0. The fourth-order valence-corrected chi connectivity index (χ4v) is 4.11. The molecule has 0 bridgehead atoms. The van der Waals surface area contributed by atoms with Gasteiger partial charge in [0.1, 0.15) is 25.4 Å². The molecule has 0 radical (unpaired) electrons. The summed E-state index contributed by atoms with van der Waals surface area (Å²) in [5, 5.41) is 15.3. The van der Waals surface area contributed by atoms with Crippen LogP contribution in [0.4, 0.5) is 5.69 Å². The SMILES string of the molecule is CN(C)c1ccc2c(-c3ccsc3C(=O)[O-])c3ccc(=[N+](C)C)cc-3oc2c1.[Li+]. The van der Waals surface area contributed by atoms with Gasteiger partial charge in [-0.15, -0.1) is 11.3 Å². The molecule has 29 heavy (non-hydrogen) atoms. The first kappa shape index (κ1) is 21.2. The van der Waals surface area contributed by atoms with Crippen molar-refractivity contribution in [3.63, 3.8) is 0 Å². The molecule has 0 saturated carbocycles. The first-order chi connectivity index (χ1) is 13.4. The molecule has 0 unspecified atom stereocenters. The van der Waals surface area contributed by atoms with Crippen molar-refractivity contribution in [1.29, 1.82) is 0 Å². The maximum atomic E-state index is 11.7. The molecule has 0 atom stereocenters. The van der Waals surface area contributed by atoms with Crippen molar-refractivity contribution in [3.8, 4) is 22.5 Å². The van der Waals surface area contributed by atoms with Crippen molar-refractivity contribution < 1.29 is 33.2 Å². The number of rotatable bonds is 3. The second-order valence-electron chi connectivity index (χ2n) is 7.08. The van der Waals surface area contributed by atoms with Gasteiger partial charge in [-0.05, 0) is 29.6 Å². The van der Waals surface area contributed by atoms with Gasteiger partial charge in [0.2, 0.25) is 5.36 Å². The van der Waals surface area contributed by atoms with Crippen LogP contribution in [0.25, 0.3) is 33.4 Å². The van der Waals surface area contributed by atoms with E-state index < -0.39 is 5.97 Å². The number of nitrogens with zero attached hydrogens (tertiary/aromatic N) is 2. The summed E-state index contributed by atoms with van der Waals surface area (Å²) in [7, 11) is 7.89. The van der Waals surface area contributed by atoms with Crippen LogP contribution in [-0.2, 0) is 0 Å². The van der Waals surface area contributed by atoms with E-state index in [1.165, 1.54) is 11.3 Å². The van der Waals surface area contributed by atoms with E-state index >= 15 is 0 Å². The quantitative estimate of drug-likeness (QED) is 0.270. The molecule has 2 heterocycles. The van der Waals surface area contributed by atoms with Crippen LogP contribution in [-0.4, -0.2) is 34.2 Å². The van der Waals surface area contributed by atoms with Crippen molar-refractivity contribution >= 4 is 34.0 Å². The second kappa shape index (κ2) is 8.08. The van der Waals surface area contributed by atoms with Gasteiger partial charge in [0.15, 0.2) is 0 Å². The molecule has 0 saturated heterocycles. The van der Waals surface area contributed by atoms with Gasteiger partial charge < -0.3 is 19.2 Å². The molecule has 1 aromatic carbocycles. The third-order valence-electron chi connectivity index (χ3n) is 4.84. The van der Waals surface area contributed by atoms with Crippen molar-refractivity contribution in [1.82, 2.24) is 4.58 Å². The number of anilines is 1. The van der Waals surface area contributed by atoms with Gasteiger partial charge in [0.05, 0.1) is 16.9 Å². The molecule has 0 amide bonds. The minimum Gasteiger partial charge on any atom is -0.544 e. The summed E-state index contributed by atoms with van der Waals surface area (Å²) in [6.07, 6.45) is 0. The summed E-state index contributed by atoms with van der Waals surface area (Å²) in [5.74, 6) is -0.456. The summed E-state index contributed by atoms with van der Waals surface area (Å²) in [6.45, 7) is 0. The first-order valence-corrected chi connectivity index (χ1v) is 9.72. The number of carbonyl (C=O) groups excluding carboxylic acids is 1. The van der Waals surface area contributed by atoms with Crippen LogP contribution in [0, 0.1) is 0 Å². The fourth-order valence-electron chi connectivity index (χ4n) is 3.38. The third kappa shape index (κ3) is 3.72. The molecule has 1 aliphatic heterocycles. The smallest absolute Gasteiger partial charge is 0.544 e. The zero-order valence-corrected chi connectivity index (χ0v) is 18.0. The Morgan fingerprint density at radius 2 is 1.83 bits per heavy atom. The second-order valence-corrected chi connectivity index (χ2v) is 7.99. The van der Waals surface area contributed by atoms with Crippen LogP contribution in [0.1, 0.15) is 9.67 Å². The van der Waals surface area contributed by atoms with Gasteiger partial charge in [-0.2, -0.15) is 0 Å². The van der Waals surface area contributed by atoms with Gasteiger partial charge >= 0.3 is 18.9 Å². The molecule has 1 aliphatic carbocycles. The van der Waals surface area contributed by atoms with Gasteiger partial charge in [-0.3, -0.25) is 0 Å². The van der Waals surface area contributed by atoms with E-state index in [1.807, 2.05) is 80.1 Å². The Morgan fingerprint density at radius 1 is 1.07 bits per heavy atom. The first-order valence-electron chi connectivity index (χ1n) is 8.84. The molecule has 5 nitrogen and oxygen atoms in total. The summed E-state index contributed by atoms with van der Waals surface area (Å²) >= 11 is 1.18. The van der Waals surface area contributed by atoms with E-state index in [2.05, 4.69) is 0 Å². The molecule has 0 fully saturated rings. The van der Waals surface area contributed by atoms with E-state index in [9.17, 15) is 9.90 Å². The van der Waals surface area contributed by atoms with Crippen LogP contribution in [0.5, 0.6) is 0 Å². The number of carboxylic acid groups (broad SMARTS) is 1. The predicted octanol–water partition coefficient (Wildman–Crippen LogP) is -0.269. The molecular formula is C22H20LiN2O3S+. The molecule has 2 aliphatic rings. The summed E-state index contributed by atoms with van der Waals surface area (Å²) in [6, 6.07) is 13.8. The largest absolute Gasteiger partial charge is 1.00 e. The molecule has 4 rings (SSSR count). The average Bonchev–Trinajstić information content (AvgIpc) is 3.14. The standard InChI is InChI=1S/C22H20N2O3S.Li/c1-23(2)13-5-7-15-18(11-13)27-19-12-14(24(3)4)6-8-16(19)20(15)17-9-10-28-21(17)22(25)26;/h5-12H,1-4H3;/q;+1. The number of fused-ring (bicyclic) bond motifs is 2. The van der Waals surface area contributed by atoms with Crippen molar-refractivity contribution in [3.05, 3.63) is 58.1 Å². The number of aromatic carboxylic acids is 1. The molecule has 0 N–H and O–H groups in total. The van der Waals surface area contributed by atoms with Crippen LogP contribution in [0.3, 0.4) is 0 Å². The maximum Gasteiger partial charge on any atom is 1.00 e. The van der Waals surface area contributed by atoms with Crippen molar-refractivity contribution in [2.75, 3.05) is 33.1 Å². The number of carboxylic acids is 1. The fraction of sp³-hybridized carbons (Fsp3) is 0.182. The monoisotopic (exact) mass is 399 g/mol. The molecule has 0 spiro atoms. The molecular weight excluding hydrogens is 379 g/mol. The normalized spacial score (nSPS) is 10.8. The Balaban J connectivity index is 0.00000240. The summed E-state index contributed by atoms with van der Waals surface area (Å²) in [4.78, 5) is 13.9. The Hall–Kier alpha value is -2.52. The predicted molar refractivity (Wildman–Crippen MR) is 112 cm³/mol. The van der Waals surface area contributed by atoms with Crippen LogP contribution in [0.2, 0.25) is 0 Å². The Morgan fingerprint density at radius 3 is 2.48 bits per heavy atom. The number of thiophene rings is 1. The van der Waals surface area contributed by atoms with Crippen molar-refractivity contribution in [2.24, 2.45) is 0 Å². The average molecular weight is 399 g/mol. The Kier molecular flexibility index (Phi) is 5.90. The summed E-state index contributed by atoms with van der Waals surface area (Å²) < 4.78 is 8.26. The van der Waals surface area contributed by atoms with Crippen LogP contribution >= 0.6 is 11.3 Å². The zero-order valence-electron chi connectivity index (χ0n) is 17.1. The van der Waals surface area contributed by atoms with Gasteiger partial charge in [0, 0.05) is 54.0 Å². The van der Waals surface area contributed by atoms with Crippen molar-refractivity contribution in [2.45, 2.75) is 0 Å². The zero-order chi connectivity index (χ0) is 20.0. The van der Waals surface area contributed by atoms with E-state index in [0.29, 0.717) is 16.9 Å². The molecule has 2 aromatic rings. The minimum atomic E-state index is -1.16. The van der Waals surface area contributed by atoms with Crippen LogP contribution in [0.15, 0.2) is 52.3 Å². The van der Waals surface area contributed by atoms with E-state index in [0.717, 1.165) is 27.6 Å².